The van der Waals surface area contributed by atoms with E-state index in [1.165, 1.54) is 4.90 Å². The summed E-state index contributed by atoms with van der Waals surface area (Å²) in [5.41, 5.74) is -0.563. The highest BCUT2D eigenvalue weighted by Crippen LogP contribution is 2.46. The second-order valence-electron chi connectivity index (χ2n) is 7.66. The normalized spacial score (nSPS) is 31.7. The molecule has 0 aliphatic carbocycles. The summed E-state index contributed by atoms with van der Waals surface area (Å²) >= 11 is 0. The van der Waals surface area contributed by atoms with E-state index in [-0.39, 0.29) is 30.6 Å². The number of rotatable bonds is 9. The fourth-order valence-electron chi connectivity index (χ4n) is 3.77. The fourth-order valence-corrected chi connectivity index (χ4v) is 3.77. The van der Waals surface area contributed by atoms with Crippen molar-refractivity contribution in [3.63, 3.8) is 0 Å². The van der Waals surface area contributed by atoms with Crippen LogP contribution in [0.3, 0.4) is 0 Å². The van der Waals surface area contributed by atoms with Gasteiger partial charge in [0, 0.05) is 6.61 Å². The molecule has 0 aromatic heterocycles. The van der Waals surface area contributed by atoms with Crippen molar-refractivity contribution in [3.8, 4) is 0 Å². The minimum Gasteiger partial charge on any atom is -0.447 e. The van der Waals surface area contributed by atoms with Gasteiger partial charge in [0.15, 0.2) is 6.29 Å². The third-order valence-corrected chi connectivity index (χ3v) is 5.41. The minimum atomic E-state index is -0.578. The van der Waals surface area contributed by atoms with E-state index in [1.807, 2.05) is 34.6 Å². The largest absolute Gasteiger partial charge is 0.447 e. The predicted molar refractivity (Wildman–Crippen MR) is 95.5 cm³/mol. The molecule has 0 aromatic rings. The molecular weight excluding hydrogens is 338 g/mol. The first-order chi connectivity index (χ1) is 12.2. The molecule has 2 heterocycles. The van der Waals surface area contributed by atoms with Crippen LogP contribution in [-0.2, 0) is 23.7 Å². The molecule has 6 atom stereocenters. The Morgan fingerprint density at radius 2 is 1.96 bits per heavy atom. The van der Waals surface area contributed by atoms with Crippen molar-refractivity contribution in [1.29, 1.82) is 0 Å². The van der Waals surface area contributed by atoms with E-state index in [4.69, 9.17) is 18.9 Å². The standard InChI is InChI=1S/C19H33NO6/c1-8-15-19(7,26-15)16(25-13(6)23-9-2)12(5)17(21)20-14(11(3)4)10-24-18(20)22/h11-16H,8-10H2,1-7H3. The molecule has 0 aromatic carbocycles. The number of imide groups is 1. The Balaban J connectivity index is 2.21. The maximum Gasteiger partial charge on any atom is 0.416 e. The van der Waals surface area contributed by atoms with Gasteiger partial charge in [0.05, 0.1) is 18.1 Å². The van der Waals surface area contributed by atoms with E-state index in [0.717, 1.165) is 6.42 Å². The van der Waals surface area contributed by atoms with Crippen molar-refractivity contribution in [2.45, 2.75) is 85.0 Å². The molecule has 6 unspecified atom stereocenters. The predicted octanol–water partition coefficient (Wildman–Crippen LogP) is 2.96. The Labute approximate surface area is 156 Å². The van der Waals surface area contributed by atoms with Gasteiger partial charge in [0.2, 0.25) is 5.91 Å². The van der Waals surface area contributed by atoms with Gasteiger partial charge in [0.25, 0.3) is 0 Å². The molecule has 26 heavy (non-hydrogen) atoms. The molecule has 7 nitrogen and oxygen atoms in total. The monoisotopic (exact) mass is 371 g/mol. The zero-order chi connectivity index (χ0) is 19.6. The van der Waals surface area contributed by atoms with Crippen molar-refractivity contribution >= 4 is 12.0 Å². The van der Waals surface area contributed by atoms with Crippen LogP contribution in [0.2, 0.25) is 0 Å². The third-order valence-electron chi connectivity index (χ3n) is 5.41. The SMILES string of the molecule is CCOC(C)OC(C(C)C(=O)N1C(=O)OCC1C(C)C)C1(C)OC1CC. The highest BCUT2D eigenvalue weighted by atomic mass is 16.7. The molecule has 0 spiro atoms. The summed E-state index contributed by atoms with van der Waals surface area (Å²) in [7, 11) is 0. The Bertz CT molecular complexity index is 524. The molecule has 2 amide bonds. The smallest absolute Gasteiger partial charge is 0.416 e. The number of epoxide rings is 1. The van der Waals surface area contributed by atoms with Gasteiger partial charge in [-0.05, 0) is 33.1 Å². The van der Waals surface area contributed by atoms with E-state index in [0.29, 0.717) is 6.61 Å². The van der Waals surface area contributed by atoms with Gasteiger partial charge in [-0.1, -0.05) is 27.7 Å². The van der Waals surface area contributed by atoms with Gasteiger partial charge in [-0.2, -0.15) is 0 Å². The zero-order valence-electron chi connectivity index (χ0n) is 17.0. The maximum absolute atomic E-state index is 13.2. The molecule has 7 heteroatoms. The average Bonchev–Trinajstić information content (AvgIpc) is 3.10. The summed E-state index contributed by atoms with van der Waals surface area (Å²) in [4.78, 5) is 26.6. The van der Waals surface area contributed by atoms with Crippen molar-refractivity contribution in [1.82, 2.24) is 4.90 Å². The van der Waals surface area contributed by atoms with Gasteiger partial charge in [0.1, 0.15) is 18.3 Å². The lowest BCUT2D eigenvalue weighted by molar-refractivity contribution is -0.188. The van der Waals surface area contributed by atoms with Crippen molar-refractivity contribution < 1.29 is 28.5 Å². The topological polar surface area (TPSA) is 77.6 Å². The first-order valence-corrected chi connectivity index (χ1v) is 9.61. The maximum atomic E-state index is 13.2. The molecule has 2 aliphatic rings. The molecule has 0 bridgehead atoms. The number of carbonyl (C=O) groups excluding carboxylic acids is 2. The Hall–Kier alpha value is -1.18. The molecule has 0 saturated carbocycles. The molecule has 2 rings (SSSR count). The summed E-state index contributed by atoms with van der Waals surface area (Å²) in [5.74, 6) is -0.728. The van der Waals surface area contributed by atoms with Gasteiger partial charge >= 0.3 is 6.09 Å². The molecular formula is C19H33NO6. The number of carbonyl (C=O) groups is 2. The molecule has 2 fully saturated rings. The van der Waals surface area contributed by atoms with E-state index < -0.39 is 30.0 Å². The lowest BCUT2D eigenvalue weighted by atomic mass is 9.88. The van der Waals surface area contributed by atoms with Crippen LogP contribution in [0.15, 0.2) is 0 Å². The van der Waals surface area contributed by atoms with E-state index >= 15 is 0 Å². The summed E-state index contributed by atoms with van der Waals surface area (Å²) in [6.45, 7) is 14.2. The van der Waals surface area contributed by atoms with Gasteiger partial charge < -0.3 is 18.9 Å². The van der Waals surface area contributed by atoms with Crippen molar-refractivity contribution in [3.05, 3.63) is 0 Å². The zero-order valence-corrected chi connectivity index (χ0v) is 17.0. The highest BCUT2D eigenvalue weighted by molar-refractivity contribution is 5.95. The lowest BCUT2D eigenvalue weighted by Gasteiger charge is -2.33. The van der Waals surface area contributed by atoms with Crippen LogP contribution >= 0.6 is 0 Å². The van der Waals surface area contributed by atoms with Crippen LogP contribution in [0.1, 0.15) is 54.9 Å². The van der Waals surface area contributed by atoms with Crippen LogP contribution in [0.25, 0.3) is 0 Å². The molecule has 0 N–H and O–H groups in total. The average molecular weight is 371 g/mol. The van der Waals surface area contributed by atoms with Crippen LogP contribution in [0.5, 0.6) is 0 Å². The summed E-state index contributed by atoms with van der Waals surface area (Å²) in [6, 6.07) is -0.252. The van der Waals surface area contributed by atoms with Gasteiger partial charge in [-0.3, -0.25) is 4.79 Å². The van der Waals surface area contributed by atoms with Crippen LogP contribution < -0.4 is 0 Å². The lowest BCUT2D eigenvalue weighted by Crippen LogP contribution is -2.51. The van der Waals surface area contributed by atoms with Crippen molar-refractivity contribution in [2.75, 3.05) is 13.2 Å². The summed E-state index contributed by atoms with van der Waals surface area (Å²) in [6.07, 6.45) is -0.692. The highest BCUT2D eigenvalue weighted by Gasteiger charge is 2.61. The summed E-state index contributed by atoms with van der Waals surface area (Å²) < 4.78 is 22.6. The Morgan fingerprint density at radius 1 is 1.31 bits per heavy atom. The fraction of sp³-hybridized carbons (Fsp3) is 0.895. The van der Waals surface area contributed by atoms with E-state index in [2.05, 4.69) is 0 Å². The van der Waals surface area contributed by atoms with Gasteiger partial charge in [-0.25, -0.2) is 9.69 Å². The molecule has 2 saturated heterocycles. The number of hydrogen-bond donors (Lipinski definition) is 0. The first kappa shape index (κ1) is 21.1. The van der Waals surface area contributed by atoms with E-state index in [9.17, 15) is 9.59 Å². The number of amides is 2. The van der Waals surface area contributed by atoms with Crippen LogP contribution in [0, 0.1) is 11.8 Å². The second kappa shape index (κ2) is 8.23. The number of nitrogens with zero attached hydrogens (tertiary/aromatic N) is 1. The third kappa shape index (κ3) is 4.05. The molecule has 2 aliphatic heterocycles. The Morgan fingerprint density at radius 3 is 2.46 bits per heavy atom. The minimum absolute atomic E-state index is 0.0306. The number of hydrogen-bond acceptors (Lipinski definition) is 6. The summed E-state index contributed by atoms with van der Waals surface area (Å²) in [5, 5.41) is 0. The van der Waals surface area contributed by atoms with Crippen LogP contribution in [-0.4, -0.2) is 60.3 Å². The second-order valence-corrected chi connectivity index (χ2v) is 7.66. The van der Waals surface area contributed by atoms with Crippen LogP contribution in [0.4, 0.5) is 4.79 Å². The first-order valence-electron chi connectivity index (χ1n) is 9.61. The number of cyclic esters (lactones) is 1. The van der Waals surface area contributed by atoms with E-state index in [1.54, 1.807) is 13.8 Å². The van der Waals surface area contributed by atoms with Gasteiger partial charge in [-0.15, -0.1) is 0 Å². The molecule has 0 radical (unpaired) electrons. The molecule has 150 valence electrons. The Kier molecular flexibility index (Phi) is 6.69. The van der Waals surface area contributed by atoms with Crippen molar-refractivity contribution in [2.24, 2.45) is 11.8 Å². The number of ether oxygens (including phenoxy) is 4. The quantitative estimate of drug-likeness (QED) is 0.458.